The Morgan fingerprint density at radius 1 is 0.925 bits per heavy atom. The Balaban J connectivity index is 1.38. The molecular formula is C31H32FN7O. The zero-order valence-electron chi connectivity index (χ0n) is 22.7. The van der Waals surface area contributed by atoms with Gasteiger partial charge in [-0.25, -0.2) is 9.07 Å². The van der Waals surface area contributed by atoms with Gasteiger partial charge in [0.25, 0.3) is 5.56 Å². The lowest BCUT2D eigenvalue weighted by Crippen LogP contribution is -2.49. The molecule has 9 heteroatoms. The number of anilines is 1. The van der Waals surface area contributed by atoms with E-state index in [0.29, 0.717) is 49.8 Å². The van der Waals surface area contributed by atoms with Gasteiger partial charge in [0.15, 0.2) is 5.82 Å². The Hall–Kier alpha value is -4.37. The van der Waals surface area contributed by atoms with Gasteiger partial charge in [0, 0.05) is 43.7 Å². The van der Waals surface area contributed by atoms with Gasteiger partial charge in [0.1, 0.15) is 11.9 Å². The minimum Gasteiger partial charge on any atom is -0.367 e. The van der Waals surface area contributed by atoms with Crippen molar-refractivity contribution in [1.29, 1.82) is 0 Å². The lowest BCUT2D eigenvalue weighted by Gasteiger charge is -2.39. The van der Waals surface area contributed by atoms with Crippen LogP contribution in [0.25, 0.3) is 10.9 Å². The van der Waals surface area contributed by atoms with E-state index in [9.17, 15) is 9.18 Å². The molecule has 0 saturated carbocycles. The van der Waals surface area contributed by atoms with Crippen molar-refractivity contribution in [3.63, 3.8) is 0 Å². The van der Waals surface area contributed by atoms with E-state index in [0.717, 1.165) is 28.5 Å². The number of pyridine rings is 1. The number of tetrazole rings is 1. The normalized spacial score (nSPS) is 15.0. The summed E-state index contributed by atoms with van der Waals surface area (Å²) >= 11 is 0. The Morgan fingerprint density at radius 3 is 2.42 bits per heavy atom. The van der Waals surface area contributed by atoms with Gasteiger partial charge < -0.3 is 9.88 Å². The summed E-state index contributed by atoms with van der Waals surface area (Å²) in [6.07, 6.45) is 0.763. The van der Waals surface area contributed by atoms with E-state index in [2.05, 4.69) is 55.4 Å². The molecule has 0 aliphatic carbocycles. The summed E-state index contributed by atoms with van der Waals surface area (Å²) in [5, 5.41) is 13.8. The molecular weight excluding hydrogens is 505 g/mol. The summed E-state index contributed by atoms with van der Waals surface area (Å²) in [5.74, 6) is 0.402. The van der Waals surface area contributed by atoms with E-state index in [4.69, 9.17) is 0 Å². The van der Waals surface area contributed by atoms with Crippen molar-refractivity contribution in [3.05, 3.63) is 117 Å². The van der Waals surface area contributed by atoms with Crippen LogP contribution in [-0.2, 0) is 13.0 Å². The molecule has 1 fully saturated rings. The molecule has 1 aliphatic rings. The highest BCUT2D eigenvalue weighted by Gasteiger charge is 2.33. The maximum absolute atomic E-state index is 14.5. The van der Waals surface area contributed by atoms with Gasteiger partial charge >= 0.3 is 0 Å². The zero-order valence-corrected chi connectivity index (χ0v) is 22.7. The molecule has 6 rings (SSSR count). The van der Waals surface area contributed by atoms with E-state index in [1.807, 2.05) is 54.1 Å². The van der Waals surface area contributed by atoms with Crippen LogP contribution in [0.2, 0.25) is 0 Å². The van der Waals surface area contributed by atoms with E-state index in [1.54, 1.807) is 6.07 Å². The molecule has 1 aliphatic heterocycles. The van der Waals surface area contributed by atoms with Crippen LogP contribution in [0.5, 0.6) is 0 Å². The number of nitrogens with zero attached hydrogens (tertiary/aromatic N) is 6. The summed E-state index contributed by atoms with van der Waals surface area (Å²) in [6.45, 7) is 7.11. The molecule has 204 valence electrons. The van der Waals surface area contributed by atoms with Crippen LogP contribution in [0.3, 0.4) is 0 Å². The molecule has 8 nitrogen and oxygen atoms in total. The fourth-order valence-electron chi connectivity index (χ4n) is 5.67. The van der Waals surface area contributed by atoms with Crippen molar-refractivity contribution in [1.82, 2.24) is 30.1 Å². The van der Waals surface area contributed by atoms with Crippen molar-refractivity contribution in [2.75, 3.05) is 31.1 Å². The first-order chi connectivity index (χ1) is 19.5. The number of rotatable bonds is 7. The Bertz CT molecular complexity index is 1690. The van der Waals surface area contributed by atoms with Gasteiger partial charge in [-0.3, -0.25) is 9.69 Å². The number of hydrogen-bond donors (Lipinski definition) is 1. The van der Waals surface area contributed by atoms with E-state index in [-0.39, 0.29) is 11.4 Å². The third-order valence-corrected chi connectivity index (χ3v) is 7.90. The van der Waals surface area contributed by atoms with Gasteiger partial charge in [-0.2, -0.15) is 0 Å². The van der Waals surface area contributed by atoms with Crippen molar-refractivity contribution in [2.24, 2.45) is 0 Å². The van der Waals surface area contributed by atoms with Crippen LogP contribution in [0, 0.1) is 19.7 Å². The second kappa shape index (κ2) is 11.0. The number of aryl methyl sites for hydroxylation is 4. The fourth-order valence-corrected chi connectivity index (χ4v) is 5.67. The lowest BCUT2D eigenvalue weighted by atomic mass is 9.99. The Labute approximate surface area is 232 Å². The van der Waals surface area contributed by atoms with Gasteiger partial charge in [0.05, 0.1) is 11.2 Å². The van der Waals surface area contributed by atoms with E-state index >= 15 is 0 Å². The number of H-pyrrole nitrogens is 1. The lowest BCUT2D eigenvalue weighted by molar-refractivity contribution is 0.199. The smallest absolute Gasteiger partial charge is 0.253 e. The Morgan fingerprint density at radius 2 is 1.65 bits per heavy atom. The topological polar surface area (TPSA) is 82.9 Å². The van der Waals surface area contributed by atoms with Crippen molar-refractivity contribution >= 4 is 16.6 Å². The van der Waals surface area contributed by atoms with Crippen LogP contribution >= 0.6 is 0 Å². The van der Waals surface area contributed by atoms with Crippen molar-refractivity contribution < 1.29 is 4.39 Å². The molecule has 1 atom stereocenters. The predicted octanol–water partition coefficient (Wildman–Crippen LogP) is 4.42. The average Bonchev–Trinajstić information content (AvgIpc) is 3.44. The quantitative estimate of drug-likeness (QED) is 0.331. The summed E-state index contributed by atoms with van der Waals surface area (Å²) in [7, 11) is 0. The van der Waals surface area contributed by atoms with Crippen LogP contribution in [0.1, 0.15) is 34.1 Å². The number of nitrogens with one attached hydrogen (secondary N) is 1. The van der Waals surface area contributed by atoms with E-state index < -0.39 is 6.04 Å². The first-order valence-electron chi connectivity index (χ1n) is 13.7. The van der Waals surface area contributed by atoms with Crippen molar-refractivity contribution in [2.45, 2.75) is 32.9 Å². The highest BCUT2D eigenvalue weighted by Crippen LogP contribution is 2.30. The molecule has 2 aromatic heterocycles. The SMILES string of the molecule is Cc1ccc(C)c2[nH]c(=O)c([C@H](c3nnnn3CCc3ccccc3)N3CCN(c4ccccc4F)CC3)cc12. The van der Waals surface area contributed by atoms with Crippen molar-refractivity contribution in [3.8, 4) is 0 Å². The zero-order chi connectivity index (χ0) is 27.6. The molecule has 0 spiro atoms. The average molecular weight is 538 g/mol. The monoisotopic (exact) mass is 537 g/mol. The minimum atomic E-state index is -0.457. The van der Waals surface area contributed by atoms with Gasteiger partial charge in [-0.1, -0.05) is 54.6 Å². The highest BCUT2D eigenvalue weighted by atomic mass is 19.1. The molecule has 3 aromatic carbocycles. The Kier molecular flexibility index (Phi) is 7.13. The van der Waals surface area contributed by atoms with Crippen LogP contribution < -0.4 is 10.5 Å². The maximum Gasteiger partial charge on any atom is 0.253 e. The number of aromatic amines is 1. The number of benzene rings is 3. The largest absolute Gasteiger partial charge is 0.367 e. The number of hydrogen-bond acceptors (Lipinski definition) is 6. The van der Waals surface area contributed by atoms with Crippen LogP contribution in [0.15, 0.2) is 77.6 Å². The summed E-state index contributed by atoms with van der Waals surface area (Å²) in [6, 6.07) is 22.7. The standard InChI is InChI=1S/C31H32FN7O/c1-21-12-13-22(2)28-24(21)20-25(31(40)33-28)29(30-34-35-36-39(30)15-14-23-8-4-3-5-9-23)38-18-16-37(17-19-38)27-11-7-6-10-26(27)32/h3-13,20,29H,14-19H2,1-2H3,(H,33,40)/t29-/m1/s1. The maximum atomic E-state index is 14.5. The molecule has 0 amide bonds. The molecule has 0 bridgehead atoms. The molecule has 5 aromatic rings. The summed E-state index contributed by atoms with van der Waals surface area (Å²) in [4.78, 5) is 21.1. The molecule has 0 unspecified atom stereocenters. The molecule has 0 radical (unpaired) electrons. The van der Waals surface area contributed by atoms with Gasteiger partial charge in [-0.15, -0.1) is 5.10 Å². The number of aromatic nitrogens is 5. The van der Waals surface area contributed by atoms with E-state index in [1.165, 1.54) is 11.6 Å². The summed E-state index contributed by atoms with van der Waals surface area (Å²) < 4.78 is 16.3. The number of halogens is 1. The highest BCUT2D eigenvalue weighted by molar-refractivity contribution is 5.85. The summed E-state index contributed by atoms with van der Waals surface area (Å²) in [5.41, 5.74) is 5.20. The van der Waals surface area contributed by atoms with Crippen LogP contribution in [0.4, 0.5) is 10.1 Å². The fraction of sp³-hybridized carbons (Fsp3) is 0.290. The third kappa shape index (κ3) is 5.00. The first-order valence-corrected chi connectivity index (χ1v) is 13.7. The second-order valence-corrected chi connectivity index (χ2v) is 10.4. The minimum absolute atomic E-state index is 0.152. The van der Waals surface area contributed by atoms with Gasteiger partial charge in [0.2, 0.25) is 0 Å². The second-order valence-electron chi connectivity index (χ2n) is 10.4. The molecule has 40 heavy (non-hydrogen) atoms. The molecule has 1 N–H and O–H groups in total. The first kappa shape index (κ1) is 25.9. The molecule has 3 heterocycles. The molecule has 1 saturated heterocycles. The number of piperazine rings is 1. The predicted molar refractivity (Wildman–Crippen MR) is 154 cm³/mol. The third-order valence-electron chi connectivity index (χ3n) is 7.90. The van der Waals surface area contributed by atoms with Crippen LogP contribution in [-0.4, -0.2) is 56.3 Å². The number of fused-ring (bicyclic) bond motifs is 1. The number of para-hydroxylation sites is 1. The van der Waals surface area contributed by atoms with Gasteiger partial charge in [-0.05, 0) is 65.6 Å².